The van der Waals surface area contributed by atoms with E-state index < -0.39 is 16.9 Å². The Labute approximate surface area is 132 Å². The van der Waals surface area contributed by atoms with Crippen LogP contribution in [0.15, 0.2) is 47.4 Å². The van der Waals surface area contributed by atoms with Gasteiger partial charge >= 0.3 is 0 Å². The molecule has 2 atom stereocenters. The molecule has 0 saturated heterocycles. The van der Waals surface area contributed by atoms with E-state index in [4.69, 9.17) is 5.21 Å². The van der Waals surface area contributed by atoms with Gasteiger partial charge in [0.2, 0.25) is 5.91 Å². The average molecular weight is 320 g/mol. The van der Waals surface area contributed by atoms with Crippen LogP contribution >= 0.6 is 0 Å². The number of amides is 1. The summed E-state index contributed by atoms with van der Waals surface area (Å²) >= 11 is 0. The highest BCUT2D eigenvalue weighted by atomic mass is 32.2. The summed E-state index contributed by atoms with van der Waals surface area (Å²) in [5.41, 5.74) is 1.62. The molecule has 0 aliphatic carbocycles. The second kappa shape index (κ2) is 8.03. The molecule has 5 nitrogen and oxygen atoms in total. The van der Waals surface area contributed by atoms with E-state index in [-0.39, 0.29) is 12.5 Å². The molecule has 3 N–H and O–H groups in total. The Morgan fingerprint density at radius 1 is 1.23 bits per heavy atom. The molecule has 0 aliphatic heterocycles. The molecule has 2 unspecified atom stereocenters. The summed E-state index contributed by atoms with van der Waals surface area (Å²) < 4.78 is 15.6. The Morgan fingerprint density at radius 3 is 2.68 bits per heavy atom. The first kappa shape index (κ1) is 16.6. The number of carbonyl (C=O) groups excluding carboxylic acids is 1. The Kier molecular flexibility index (Phi) is 6.06. The second-order valence-corrected chi connectivity index (χ2v) is 6.30. The Bertz CT molecular complexity index is 670. The van der Waals surface area contributed by atoms with Crippen LogP contribution in [-0.4, -0.2) is 21.4 Å². The van der Waals surface area contributed by atoms with Gasteiger partial charge in [0.25, 0.3) is 0 Å². The van der Waals surface area contributed by atoms with Crippen LogP contribution in [0.25, 0.3) is 10.8 Å². The maximum Gasteiger partial charge on any atom is 0.244 e. The van der Waals surface area contributed by atoms with Gasteiger partial charge in [-0.25, -0.2) is 14.4 Å². The molecule has 0 aliphatic rings. The number of nitrogens with one attached hydrogen (secondary N) is 2. The van der Waals surface area contributed by atoms with Gasteiger partial charge in [-0.2, -0.15) is 0 Å². The van der Waals surface area contributed by atoms with E-state index in [9.17, 15) is 9.00 Å². The number of fused-ring (bicyclic) bond motifs is 1. The third kappa shape index (κ3) is 4.13. The molecule has 1 amide bonds. The highest BCUT2D eigenvalue weighted by Crippen LogP contribution is 2.21. The fourth-order valence-corrected chi connectivity index (χ4v) is 3.61. The molecule has 0 heterocycles. The predicted molar refractivity (Wildman–Crippen MR) is 86.7 cm³/mol. The van der Waals surface area contributed by atoms with Crippen LogP contribution in [0.3, 0.4) is 0 Å². The van der Waals surface area contributed by atoms with E-state index in [2.05, 4.69) is 4.72 Å². The van der Waals surface area contributed by atoms with Crippen LogP contribution in [0.1, 0.15) is 26.2 Å². The molecule has 0 saturated carbocycles. The van der Waals surface area contributed by atoms with Crippen LogP contribution in [0.5, 0.6) is 0 Å². The van der Waals surface area contributed by atoms with Crippen molar-refractivity contribution in [1.82, 2.24) is 10.2 Å². The van der Waals surface area contributed by atoms with Gasteiger partial charge in [0.15, 0.2) is 0 Å². The quantitative estimate of drug-likeness (QED) is 0.542. The van der Waals surface area contributed by atoms with Crippen molar-refractivity contribution in [2.45, 2.75) is 37.1 Å². The lowest BCUT2D eigenvalue weighted by atomic mass is 10.1. The number of rotatable bonds is 7. The molecule has 0 bridgehead atoms. The van der Waals surface area contributed by atoms with Gasteiger partial charge in [-0.3, -0.25) is 10.0 Å². The minimum Gasteiger partial charge on any atom is -0.289 e. The molecule has 0 aromatic heterocycles. The van der Waals surface area contributed by atoms with Crippen molar-refractivity contribution in [3.05, 3.63) is 42.5 Å². The van der Waals surface area contributed by atoms with Crippen molar-refractivity contribution in [1.29, 1.82) is 0 Å². The van der Waals surface area contributed by atoms with Crippen molar-refractivity contribution >= 4 is 27.7 Å². The molecular formula is C16H20N2O3S. The van der Waals surface area contributed by atoms with Crippen LogP contribution < -0.4 is 10.2 Å². The number of hydroxylamine groups is 1. The Balaban J connectivity index is 2.20. The molecular weight excluding hydrogens is 300 g/mol. The van der Waals surface area contributed by atoms with Gasteiger partial charge in [0.05, 0.1) is 4.90 Å². The highest BCUT2D eigenvalue weighted by Gasteiger charge is 2.17. The summed E-state index contributed by atoms with van der Waals surface area (Å²) in [5, 5.41) is 10.6. The molecule has 0 radical (unpaired) electrons. The molecule has 2 rings (SSSR count). The Hall–Kier alpha value is -1.76. The third-order valence-corrected chi connectivity index (χ3v) is 4.72. The van der Waals surface area contributed by atoms with Crippen LogP contribution in [0, 0.1) is 0 Å². The molecule has 118 valence electrons. The zero-order valence-corrected chi connectivity index (χ0v) is 13.2. The first-order valence-corrected chi connectivity index (χ1v) is 8.39. The summed E-state index contributed by atoms with van der Waals surface area (Å²) in [6, 6.07) is 13.2. The fraction of sp³-hybridized carbons (Fsp3) is 0.312. The van der Waals surface area contributed by atoms with Gasteiger partial charge in [-0.1, -0.05) is 49.7 Å². The van der Waals surface area contributed by atoms with Gasteiger partial charge in [0, 0.05) is 12.5 Å². The number of carbonyl (C=O) groups is 1. The van der Waals surface area contributed by atoms with Crippen molar-refractivity contribution in [2.75, 3.05) is 0 Å². The second-order valence-electron chi connectivity index (χ2n) is 5.09. The molecule has 6 heteroatoms. The van der Waals surface area contributed by atoms with E-state index in [0.29, 0.717) is 11.3 Å². The fourth-order valence-electron chi connectivity index (χ4n) is 2.39. The first-order valence-electron chi connectivity index (χ1n) is 7.24. The predicted octanol–water partition coefficient (Wildman–Crippen LogP) is 2.52. The summed E-state index contributed by atoms with van der Waals surface area (Å²) in [5.74, 6) is -0.485. The van der Waals surface area contributed by atoms with Crippen LogP contribution in [0.4, 0.5) is 0 Å². The highest BCUT2D eigenvalue weighted by molar-refractivity contribution is 7.83. The van der Waals surface area contributed by atoms with Crippen molar-refractivity contribution < 1.29 is 14.2 Å². The third-order valence-electron chi connectivity index (χ3n) is 3.42. The van der Waals surface area contributed by atoms with Gasteiger partial charge in [-0.15, -0.1) is 0 Å². The number of benzene rings is 2. The zero-order valence-electron chi connectivity index (χ0n) is 12.4. The smallest absolute Gasteiger partial charge is 0.244 e. The van der Waals surface area contributed by atoms with Crippen LogP contribution in [0.2, 0.25) is 0 Å². The molecule has 0 spiro atoms. The van der Waals surface area contributed by atoms with Crippen LogP contribution in [-0.2, 0) is 15.8 Å². The van der Waals surface area contributed by atoms with Gasteiger partial charge in [0.1, 0.15) is 11.0 Å². The summed E-state index contributed by atoms with van der Waals surface area (Å²) in [4.78, 5) is 12.0. The monoisotopic (exact) mass is 320 g/mol. The average Bonchev–Trinajstić information content (AvgIpc) is 2.54. The van der Waals surface area contributed by atoms with E-state index in [1.807, 2.05) is 49.4 Å². The summed E-state index contributed by atoms with van der Waals surface area (Å²) in [6.07, 6.45) is 1.63. The normalized spacial score (nSPS) is 13.7. The SMILES string of the molecule is CCCC(CC(=O)NO)NS(=O)c1cccc2ccccc12. The standard InChI is InChI=1S/C16H20N2O3S/c1-2-6-13(11-16(19)17-20)18-22(21)15-10-5-8-12-7-3-4-9-14(12)15/h3-5,7-10,13,18,20H,2,6,11H2,1H3,(H,17,19). The van der Waals surface area contributed by atoms with E-state index in [1.165, 1.54) is 0 Å². The minimum absolute atomic E-state index is 0.0842. The molecule has 2 aromatic carbocycles. The summed E-state index contributed by atoms with van der Waals surface area (Å²) in [6.45, 7) is 1.99. The van der Waals surface area contributed by atoms with Crippen molar-refractivity contribution in [2.24, 2.45) is 0 Å². The zero-order chi connectivity index (χ0) is 15.9. The number of hydrogen-bond acceptors (Lipinski definition) is 3. The first-order chi connectivity index (χ1) is 10.7. The maximum absolute atomic E-state index is 12.6. The minimum atomic E-state index is -1.42. The van der Waals surface area contributed by atoms with Gasteiger partial charge in [-0.05, 0) is 23.3 Å². The van der Waals surface area contributed by atoms with E-state index in [1.54, 1.807) is 5.48 Å². The van der Waals surface area contributed by atoms with Gasteiger partial charge < -0.3 is 0 Å². The molecule has 2 aromatic rings. The Morgan fingerprint density at radius 2 is 1.95 bits per heavy atom. The lowest BCUT2D eigenvalue weighted by Gasteiger charge is -2.17. The summed E-state index contributed by atoms with van der Waals surface area (Å²) in [7, 11) is -1.42. The molecule has 0 fully saturated rings. The van der Waals surface area contributed by atoms with Crippen molar-refractivity contribution in [3.8, 4) is 0 Å². The van der Waals surface area contributed by atoms with E-state index in [0.717, 1.165) is 17.2 Å². The number of hydrogen-bond donors (Lipinski definition) is 3. The topological polar surface area (TPSA) is 78.4 Å². The lowest BCUT2D eigenvalue weighted by molar-refractivity contribution is -0.129. The largest absolute Gasteiger partial charge is 0.289 e. The lowest BCUT2D eigenvalue weighted by Crippen LogP contribution is -2.35. The molecule has 22 heavy (non-hydrogen) atoms. The van der Waals surface area contributed by atoms with Crippen molar-refractivity contribution in [3.63, 3.8) is 0 Å². The maximum atomic E-state index is 12.6. The van der Waals surface area contributed by atoms with E-state index >= 15 is 0 Å².